The molecule has 2 nitrogen and oxygen atoms in total. The number of fused-ring (bicyclic) bond motifs is 1. The molecule has 2 aromatic rings. The summed E-state index contributed by atoms with van der Waals surface area (Å²) < 4.78 is 0. The Balaban J connectivity index is 2.53. The number of hydrogen-bond donors (Lipinski definition) is 1. The molecule has 19 heavy (non-hydrogen) atoms. The first-order chi connectivity index (χ1) is 9.26. The van der Waals surface area contributed by atoms with Crippen LogP contribution in [-0.4, -0.2) is 11.5 Å². The smallest absolute Gasteiger partial charge is 0.0708 e. The molecule has 0 saturated carbocycles. The topological polar surface area (TPSA) is 24.9 Å². The van der Waals surface area contributed by atoms with E-state index in [1.165, 1.54) is 10.9 Å². The van der Waals surface area contributed by atoms with Crippen LogP contribution in [-0.2, 0) is 0 Å². The van der Waals surface area contributed by atoms with Crippen molar-refractivity contribution in [3.05, 3.63) is 41.6 Å². The van der Waals surface area contributed by atoms with Gasteiger partial charge < -0.3 is 5.32 Å². The van der Waals surface area contributed by atoms with Crippen molar-refractivity contribution in [3.8, 4) is 11.8 Å². The molecule has 0 radical (unpaired) electrons. The molecular weight excluding hydrogens is 232 g/mol. The van der Waals surface area contributed by atoms with E-state index < -0.39 is 0 Å². The summed E-state index contributed by atoms with van der Waals surface area (Å²) in [7, 11) is 0. The molecule has 1 atom stereocenters. The quantitative estimate of drug-likeness (QED) is 0.841. The van der Waals surface area contributed by atoms with E-state index in [4.69, 9.17) is 0 Å². The predicted molar refractivity (Wildman–Crippen MR) is 81.0 cm³/mol. The molecule has 1 heterocycles. The van der Waals surface area contributed by atoms with Crippen LogP contribution in [0.4, 0.5) is 0 Å². The molecule has 2 rings (SSSR count). The molecular formula is C17H20N2. The summed E-state index contributed by atoms with van der Waals surface area (Å²) in [5.41, 5.74) is 3.42. The minimum absolute atomic E-state index is 0.268. The number of nitrogens with zero attached hydrogens (tertiary/aromatic N) is 1. The van der Waals surface area contributed by atoms with Crippen molar-refractivity contribution in [2.24, 2.45) is 0 Å². The maximum absolute atomic E-state index is 4.60. The summed E-state index contributed by atoms with van der Waals surface area (Å²) in [6.07, 6.45) is 0.831. The fourth-order valence-corrected chi connectivity index (χ4v) is 2.37. The second-order valence-electron chi connectivity index (χ2n) is 4.61. The largest absolute Gasteiger partial charge is 0.309 e. The summed E-state index contributed by atoms with van der Waals surface area (Å²) in [5, 5.41) is 4.74. The van der Waals surface area contributed by atoms with Crippen molar-refractivity contribution >= 4 is 10.9 Å². The maximum Gasteiger partial charge on any atom is 0.0708 e. The van der Waals surface area contributed by atoms with Crippen LogP contribution < -0.4 is 5.32 Å². The van der Waals surface area contributed by atoms with Crippen molar-refractivity contribution in [1.82, 2.24) is 10.3 Å². The van der Waals surface area contributed by atoms with E-state index >= 15 is 0 Å². The SMILES string of the molecule is CC#CCC(NCC)c1cc(C)nc2ccccc12. The molecule has 98 valence electrons. The maximum atomic E-state index is 4.60. The summed E-state index contributed by atoms with van der Waals surface area (Å²) in [4.78, 5) is 4.60. The highest BCUT2D eigenvalue weighted by Crippen LogP contribution is 2.26. The Morgan fingerprint density at radius 1 is 1.32 bits per heavy atom. The van der Waals surface area contributed by atoms with E-state index in [0.717, 1.165) is 24.2 Å². The number of nitrogens with one attached hydrogen (secondary N) is 1. The number of pyridine rings is 1. The second-order valence-corrected chi connectivity index (χ2v) is 4.61. The number of aryl methyl sites for hydroxylation is 1. The normalized spacial score (nSPS) is 11.9. The van der Waals surface area contributed by atoms with Crippen molar-refractivity contribution in [2.75, 3.05) is 6.54 Å². The van der Waals surface area contributed by atoms with E-state index in [0.29, 0.717) is 0 Å². The lowest BCUT2D eigenvalue weighted by molar-refractivity contribution is 0.568. The highest BCUT2D eigenvalue weighted by molar-refractivity contribution is 5.82. The molecule has 0 amide bonds. The molecule has 0 saturated heterocycles. The van der Waals surface area contributed by atoms with Crippen LogP contribution in [0, 0.1) is 18.8 Å². The van der Waals surface area contributed by atoms with Crippen LogP contribution in [0.15, 0.2) is 30.3 Å². The van der Waals surface area contributed by atoms with Gasteiger partial charge in [-0.25, -0.2) is 0 Å². The molecule has 0 fully saturated rings. The highest BCUT2D eigenvalue weighted by Gasteiger charge is 2.13. The van der Waals surface area contributed by atoms with E-state index in [1.807, 2.05) is 19.9 Å². The number of benzene rings is 1. The van der Waals surface area contributed by atoms with Gasteiger partial charge in [-0.1, -0.05) is 25.1 Å². The van der Waals surface area contributed by atoms with Crippen LogP contribution >= 0.6 is 0 Å². The van der Waals surface area contributed by atoms with E-state index in [1.54, 1.807) is 0 Å². The van der Waals surface area contributed by atoms with Gasteiger partial charge in [-0.05, 0) is 38.1 Å². The Morgan fingerprint density at radius 3 is 2.84 bits per heavy atom. The first-order valence-corrected chi connectivity index (χ1v) is 6.75. The average Bonchev–Trinajstić information content (AvgIpc) is 2.42. The number of aromatic nitrogens is 1. The predicted octanol–water partition coefficient (Wildman–Crippen LogP) is 3.61. The first-order valence-electron chi connectivity index (χ1n) is 6.75. The van der Waals surface area contributed by atoms with Gasteiger partial charge in [0.05, 0.1) is 5.52 Å². The first kappa shape index (κ1) is 13.6. The standard InChI is InChI=1S/C17H20N2/c1-4-6-10-16(18-5-2)15-12-13(3)19-17-11-8-7-9-14(15)17/h7-9,11-12,16,18H,5,10H2,1-3H3. The molecule has 1 aromatic carbocycles. The van der Waals surface area contributed by atoms with E-state index in [2.05, 4.69) is 53.3 Å². The van der Waals surface area contributed by atoms with Gasteiger partial charge in [0.1, 0.15) is 0 Å². The molecule has 1 N–H and O–H groups in total. The highest BCUT2D eigenvalue weighted by atomic mass is 14.9. The molecule has 0 spiro atoms. The van der Waals surface area contributed by atoms with Crippen molar-refractivity contribution in [1.29, 1.82) is 0 Å². The minimum atomic E-state index is 0.268. The lowest BCUT2D eigenvalue weighted by Crippen LogP contribution is -2.21. The number of para-hydroxylation sites is 1. The molecule has 0 aliphatic rings. The van der Waals surface area contributed by atoms with Crippen molar-refractivity contribution in [2.45, 2.75) is 33.2 Å². The minimum Gasteiger partial charge on any atom is -0.309 e. The second kappa shape index (κ2) is 6.36. The van der Waals surface area contributed by atoms with Crippen LogP contribution in [0.1, 0.15) is 37.6 Å². The molecule has 0 aliphatic carbocycles. The Hall–Kier alpha value is -1.85. The molecule has 0 bridgehead atoms. The van der Waals surface area contributed by atoms with Crippen molar-refractivity contribution in [3.63, 3.8) is 0 Å². The van der Waals surface area contributed by atoms with Gasteiger partial charge in [0.15, 0.2) is 0 Å². The monoisotopic (exact) mass is 252 g/mol. The zero-order valence-corrected chi connectivity index (χ0v) is 11.8. The Bertz CT molecular complexity index is 620. The van der Waals surface area contributed by atoms with Gasteiger partial charge >= 0.3 is 0 Å². The fourth-order valence-electron chi connectivity index (χ4n) is 2.37. The third-order valence-corrected chi connectivity index (χ3v) is 3.19. The van der Waals surface area contributed by atoms with Crippen LogP contribution in [0.5, 0.6) is 0 Å². The number of rotatable bonds is 4. The molecule has 1 aromatic heterocycles. The summed E-state index contributed by atoms with van der Waals surface area (Å²) in [6, 6.07) is 10.8. The summed E-state index contributed by atoms with van der Waals surface area (Å²) in [6.45, 7) is 7.00. The molecule has 2 heteroatoms. The van der Waals surface area contributed by atoms with Gasteiger partial charge in [0.2, 0.25) is 0 Å². The van der Waals surface area contributed by atoms with Gasteiger partial charge in [0, 0.05) is 23.5 Å². The van der Waals surface area contributed by atoms with Gasteiger partial charge in [-0.2, -0.15) is 0 Å². The third-order valence-electron chi connectivity index (χ3n) is 3.19. The summed E-state index contributed by atoms with van der Waals surface area (Å²) >= 11 is 0. The number of hydrogen-bond acceptors (Lipinski definition) is 2. The Kier molecular flexibility index (Phi) is 4.54. The fraction of sp³-hybridized carbons (Fsp3) is 0.353. The van der Waals surface area contributed by atoms with Crippen LogP contribution in [0.25, 0.3) is 10.9 Å². The van der Waals surface area contributed by atoms with Gasteiger partial charge in [0.25, 0.3) is 0 Å². The van der Waals surface area contributed by atoms with Crippen LogP contribution in [0.3, 0.4) is 0 Å². The van der Waals surface area contributed by atoms with E-state index in [-0.39, 0.29) is 6.04 Å². The van der Waals surface area contributed by atoms with Gasteiger partial charge in [-0.15, -0.1) is 11.8 Å². The third kappa shape index (κ3) is 3.13. The van der Waals surface area contributed by atoms with Crippen molar-refractivity contribution < 1.29 is 0 Å². The Morgan fingerprint density at radius 2 is 2.11 bits per heavy atom. The van der Waals surface area contributed by atoms with Gasteiger partial charge in [-0.3, -0.25) is 4.98 Å². The lowest BCUT2D eigenvalue weighted by Gasteiger charge is -2.18. The average molecular weight is 252 g/mol. The van der Waals surface area contributed by atoms with Crippen LogP contribution in [0.2, 0.25) is 0 Å². The molecule has 1 unspecified atom stereocenters. The zero-order chi connectivity index (χ0) is 13.7. The lowest BCUT2D eigenvalue weighted by atomic mass is 9.98. The summed E-state index contributed by atoms with van der Waals surface area (Å²) in [5.74, 6) is 6.17. The Labute approximate surface area is 115 Å². The molecule has 0 aliphatic heterocycles. The van der Waals surface area contributed by atoms with E-state index in [9.17, 15) is 0 Å². The zero-order valence-electron chi connectivity index (χ0n) is 11.8.